The van der Waals surface area contributed by atoms with Gasteiger partial charge in [-0.1, -0.05) is 13.0 Å². The average molecular weight is 277 g/mol. The lowest BCUT2D eigenvalue weighted by atomic mass is 10.2. The van der Waals surface area contributed by atoms with Crippen molar-refractivity contribution in [3.63, 3.8) is 0 Å². The molecule has 0 aliphatic carbocycles. The maximum atomic E-state index is 9.92. The van der Waals surface area contributed by atoms with Crippen LogP contribution in [-0.2, 0) is 7.05 Å². The molecule has 1 heterocycles. The normalized spacial score (nSPS) is 14.4. The molecule has 2 unspecified atom stereocenters. The maximum Gasteiger partial charge on any atom is 0.130 e. The van der Waals surface area contributed by atoms with Crippen LogP contribution in [0.1, 0.15) is 20.3 Å². The number of hydrogen-bond acceptors (Lipinski definition) is 4. The molecule has 2 N–H and O–H groups in total. The number of aromatic nitrogens is 2. The molecule has 0 saturated heterocycles. The van der Waals surface area contributed by atoms with Crippen LogP contribution in [-0.4, -0.2) is 40.2 Å². The van der Waals surface area contributed by atoms with Gasteiger partial charge in [-0.25, -0.2) is 0 Å². The fraction of sp³-hybridized carbons (Fsp3) is 0.533. The van der Waals surface area contributed by atoms with Gasteiger partial charge in [0.2, 0.25) is 0 Å². The Morgan fingerprint density at radius 3 is 3.00 bits per heavy atom. The molecular formula is C15H23N3O2. The lowest BCUT2D eigenvalue weighted by molar-refractivity contribution is 0.105. The van der Waals surface area contributed by atoms with Crippen LogP contribution in [0, 0.1) is 0 Å². The van der Waals surface area contributed by atoms with Gasteiger partial charge < -0.3 is 15.2 Å². The second-order valence-corrected chi connectivity index (χ2v) is 5.14. The average Bonchev–Trinajstić information content (AvgIpc) is 2.84. The molecule has 0 amide bonds. The number of fused-ring (bicyclic) bond motifs is 1. The number of rotatable bonds is 7. The van der Waals surface area contributed by atoms with E-state index < -0.39 is 6.10 Å². The second-order valence-electron chi connectivity index (χ2n) is 5.14. The van der Waals surface area contributed by atoms with Crippen molar-refractivity contribution in [2.45, 2.75) is 32.4 Å². The van der Waals surface area contributed by atoms with E-state index in [0.29, 0.717) is 12.6 Å². The molecule has 0 saturated carbocycles. The zero-order chi connectivity index (χ0) is 14.5. The smallest absolute Gasteiger partial charge is 0.130 e. The molecule has 2 rings (SSSR count). The predicted octanol–water partition coefficient (Wildman–Crippen LogP) is 1.70. The molecule has 0 spiro atoms. The van der Waals surface area contributed by atoms with Crippen molar-refractivity contribution in [3.8, 4) is 5.75 Å². The van der Waals surface area contributed by atoms with Crippen LogP contribution in [0.15, 0.2) is 24.4 Å². The van der Waals surface area contributed by atoms with Crippen molar-refractivity contribution in [2.75, 3.05) is 13.2 Å². The Balaban J connectivity index is 1.92. The fourth-order valence-corrected chi connectivity index (χ4v) is 2.00. The van der Waals surface area contributed by atoms with E-state index in [9.17, 15) is 5.11 Å². The summed E-state index contributed by atoms with van der Waals surface area (Å²) in [5.74, 6) is 0.762. The number of hydrogen-bond donors (Lipinski definition) is 2. The Kier molecular flexibility index (Phi) is 4.98. The largest absolute Gasteiger partial charge is 0.490 e. The third-order valence-electron chi connectivity index (χ3n) is 3.50. The summed E-state index contributed by atoms with van der Waals surface area (Å²) >= 11 is 0. The SMILES string of the molecule is CCC(C)NCC(O)COc1cccc2c1cnn2C. The van der Waals surface area contributed by atoms with Gasteiger partial charge in [0.15, 0.2) is 0 Å². The summed E-state index contributed by atoms with van der Waals surface area (Å²) in [6.07, 6.45) is 2.31. The van der Waals surface area contributed by atoms with Gasteiger partial charge in [-0.05, 0) is 25.5 Å². The molecule has 5 heteroatoms. The Morgan fingerprint density at radius 2 is 2.25 bits per heavy atom. The predicted molar refractivity (Wildman–Crippen MR) is 80.0 cm³/mol. The number of benzene rings is 1. The maximum absolute atomic E-state index is 9.92. The first-order valence-electron chi connectivity index (χ1n) is 7.06. The van der Waals surface area contributed by atoms with Crippen LogP contribution in [0.3, 0.4) is 0 Å². The number of ether oxygens (including phenoxy) is 1. The molecule has 2 atom stereocenters. The molecule has 0 aliphatic rings. The first-order valence-corrected chi connectivity index (χ1v) is 7.06. The van der Waals surface area contributed by atoms with E-state index in [1.807, 2.05) is 29.9 Å². The first-order chi connectivity index (χ1) is 9.61. The second kappa shape index (κ2) is 6.72. The summed E-state index contributed by atoms with van der Waals surface area (Å²) in [4.78, 5) is 0. The van der Waals surface area contributed by atoms with Crippen LogP contribution in [0.2, 0.25) is 0 Å². The van der Waals surface area contributed by atoms with Gasteiger partial charge in [0, 0.05) is 19.6 Å². The molecule has 0 bridgehead atoms. The number of nitrogens with zero attached hydrogens (tertiary/aromatic N) is 2. The van der Waals surface area contributed by atoms with E-state index in [0.717, 1.165) is 23.1 Å². The molecule has 1 aromatic carbocycles. The third kappa shape index (κ3) is 3.49. The quantitative estimate of drug-likeness (QED) is 0.809. The van der Waals surface area contributed by atoms with Crippen LogP contribution >= 0.6 is 0 Å². The molecule has 20 heavy (non-hydrogen) atoms. The van der Waals surface area contributed by atoms with Crippen molar-refractivity contribution < 1.29 is 9.84 Å². The highest BCUT2D eigenvalue weighted by Crippen LogP contribution is 2.24. The Morgan fingerprint density at radius 1 is 1.45 bits per heavy atom. The summed E-state index contributed by atoms with van der Waals surface area (Å²) in [6, 6.07) is 6.24. The number of aliphatic hydroxyl groups excluding tert-OH is 1. The zero-order valence-electron chi connectivity index (χ0n) is 12.3. The van der Waals surface area contributed by atoms with E-state index in [4.69, 9.17) is 4.74 Å². The highest BCUT2D eigenvalue weighted by molar-refractivity contribution is 5.85. The van der Waals surface area contributed by atoms with E-state index >= 15 is 0 Å². The topological polar surface area (TPSA) is 59.3 Å². The van der Waals surface area contributed by atoms with E-state index in [1.54, 1.807) is 6.20 Å². The van der Waals surface area contributed by atoms with Crippen LogP contribution in [0.4, 0.5) is 0 Å². The van der Waals surface area contributed by atoms with Crippen molar-refractivity contribution in [3.05, 3.63) is 24.4 Å². The fourth-order valence-electron chi connectivity index (χ4n) is 2.00. The van der Waals surface area contributed by atoms with Crippen LogP contribution in [0.5, 0.6) is 5.75 Å². The van der Waals surface area contributed by atoms with Crippen molar-refractivity contribution >= 4 is 10.9 Å². The molecule has 110 valence electrons. The summed E-state index contributed by atoms with van der Waals surface area (Å²) in [7, 11) is 1.90. The highest BCUT2D eigenvalue weighted by atomic mass is 16.5. The molecule has 0 aliphatic heterocycles. The number of nitrogens with one attached hydrogen (secondary N) is 1. The van der Waals surface area contributed by atoms with Crippen molar-refractivity contribution in [1.82, 2.24) is 15.1 Å². The molecule has 0 radical (unpaired) electrons. The summed E-state index contributed by atoms with van der Waals surface area (Å²) < 4.78 is 7.53. The minimum absolute atomic E-state index is 0.275. The minimum Gasteiger partial charge on any atom is -0.490 e. The van der Waals surface area contributed by atoms with Crippen molar-refractivity contribution in [2.24, 2.45) is 7.05 Å². The van der Waals surface area contributed by atoms with E-state index in [2.05, 4.69) is 24.3 Å². The summed E-state index contributed by atoms with van der Waals surface area (Å²) in [6.45, 7) is 5.03. The van der Waals surface area contributed by atoms with Gasteiger partial charge in [0.1, 0.15) is 18.5 Å². The number of aryl methyl sites for hydroxylation is 1. The molecular weight excluding hydrogens is 254 g/mol. The Hall–Kier alpha value is -1.59. The summed E-state index contributed by atoms with van der Waals surface area (Å²) in [5, 5.41) is 18.4. The van der Waals surface area contributed by atoms with Gasteiger partial charge in [-0.15, -0.1) is 0 Å². The Bertz CT molecular complexity index is 553. The van der Waals surface area contributed by atoms with Gasteiger partial charge >= 0.3 is 0 Å². The standard InChI is InChI=1S/C15H23N3O2/c1-4-11(2)16-8-12(19)10-20-15-7-5-6-14-13(15)9-17-18(14)3/h5-7,9,11-12,16,19H,4,8,10H2,1-3H3. The van der Waals surface area contributed by atoms with Crippen molar-refractivity contribution in [1.29, 1.82) is 0 Å². The Labute approximate surface area is 119 Å². The lowest BCUT2D eigenvalue weighted by Gasteiger charge is -2.16. The van der Waals surface area contributed by atoms with Gasteiger partial charge in [0.25, 0.3) is 0 Å². The van der Waals surface area contributed by atoms with Gasteiger partial charge in [0.05, 0.1) is 17.1 Å². The van der Waals surface area contributed by atoms with Crippen LogP contribution < -0.4 is 10.1 Å². The van der Waals surface area contributed by atoms with Gasteiger partial charge in [-0.3, -0.25) is 4.68 Å². The highest BCUT2D eigenvalue weighted by Gasteiger charge is 2.10. The first kappa shape index (κ1) is 14.8. The zero-order valence-corrected chi connectivity index (χ0v) is 12.3. The van der Waals surface area contributed by atoms with Crippen LogP contribution in [0.25, 0.3) is 10.9 Å². The summed E-state index contributed by atoms with van der Waals surface area (Å²) in [5.41, 5.74) is 1.02. The van der Waals surface area contributed by atoms with E-state index in [1.165, 1.54) is 0 Å². The monoisotopic (exact) mass is 277 g/mol. The minimum atomic E-state index is -0.518. The van der Waals surface area contributed by atoms with Gasteiger partial charge in [-0.2, -0.15) is 5.10 Å². The molecule has 2 aromatic rings. The molecule has 5 nitrogen and oxygen atoms in total. The number of aliphatic hydroxyl groups is 1. The lowest BCUT2D eigenvalue weighted by Crippen LogP contribution is -2.36. The van der Waals surface area contributed by atoms with E-state index in [-0.39, 0.29) is 6.61 Å². The molecule has 0 fully saturated rings. The molecule has 1 aromatic heterocycles. The third-order valence-corrected chi connectivity index (χ3v) is 3.50.